The molecule has 0 N–H and O–H groups in total. The Kier molecular flexibility index (Phi) is 9.80. The lowest BCUT2D eigenvalue weighted by Crippen LogP contribution is -2.14. The first kappa shape index (κ1) is 42.6. The smallest absolute Gasteiger partial charge is 0.143 e. The van der Waals surface area contributed by atoms with Crippen LogP contribution < -0.4 is 0 Å². The minimum absolute atomic E-state index is 0.00360. The first-order valence-electron chi connectivity index (χ1n) is 24.9. The van der Waals surface area contributed by atoms with Crippen LogP contribution in [0.2, 0.25) is 0 Å². The third-order valence-electron chi connectivity index (χ3n) is 15.2. The van der Waals surface area contributed by atoms with Crippen LogP contribution in [-0.4, -0.2) is 4.57 Å². The van der Waals surface area contributed by atoms with E-state index in [1.807, 2.05) is 6.07 Å². The summed E-state index contributed by atoms with van der Waals surface area (Å²) in [5, 5.41) is 4.76. The fraction of sp³-hybridized carbons (Fsp3) is 0.101. The van der Waals surface area contributed by atoms with Gasteiger partial charge in [-0.2, -0.15) is 0 Å². The number of fused-ring (bicyclic) bond motifs is 9. The molecule has 0 bridgehead atoms. The predicted octanol–water partition coefficient (Wildman–Crippen LogP) is 18.9. The molecule has 0 spiro atoms. The van der Waals surface area contributed by atoms with Crippen molar-refractivity contribution in [1.82, 2.24) is 4.57 Å². The van der Waals surface area contributed by atoms with Crippen LogP contribution in [0.25, 0.3) is 106 Å². The van der Waals surface area contributed by atoms with Crippen LogP contribution in [0.4, 0.5) is 0 Å². The Bertz CT molecular complexity index is 4080. The van der Waals surface area contributed by atoms with Gasteiger partial charge in [-0.05, 0) is 120 Å². The molecule has 0 fully saturated rings. The highest BCUT2D eigenvalue weighted by molar-refractivity contribution is 6.12. The molecule has 0 saturated carbocycles. The van der Waals surface area contributed by atoms with Crippen molar-refractivity contribution >= 4 is 55.4 Å². The zero-order chi connectivity index (χ0) is 48.0. The maximum Gasteiger partial charge on any atom is 0.143 e. The highest BCUT2D eigenvalue weighted by Crippen LogP contribution is 2.50. The molecule has 2 aromatic heterocycles. The van der Waals surface area contributed by atoms with E-state index in [0.717, 1.165) is 77.7 Å². The number of rotatable bonds is 7. The second-order valence-electron chi connectivity index (χ2n) is 20.9. The van der Waals surface area contributed by atoms with Gasteiger partial charge in [-0.15, -0.1) is 0 Å². The first-order valence-corrected chi connectivity index (χ1v) is 24.9. The van der Waals surface area contributed by atoms with Gasteiger partial charge in [0, 0.05) is 38.1 Å². The number of benzene rings is 10. The van der Waals surface area contributed by atoms with E-state index < -0.39 is 0 Å². The molecule has 10 aromatic carbocycles. The summed E-state index contributed by atoms with van der Waals surface area (Å²) >= 11 is 0. The summed E-state index contributed by atoms with van der Waals surface area (Å²) < 4.78 is 9.11. The normalized spacial score (nSPS) is 13.3. The predicted molar refractivity (Wildman–Crippen MR) is 300 cm³/mol. The van der Waals surface area contributed by atoms with E-state index >= 15 is 0 Å². The van der Waals surface area contributed by atoms with E-state index in [1.54, 1.807) is 0 Å². The van der Waals surface area contributed by atoms with Crippen molar-refractivity contribution in [2.45, 2.75) is 45.4 Å². The molecule has 12 aromatic rings. The summed E-state index contributed by atoms with van der Waals surface area (Å²) in [5.74, 6) is 0. The van der Waals surface area contributed by atoms with Crippen molar-refractivity contribution in [2.24, 2.45) is 0 Å². The quantitative estimate of drug-likeness (QED) is 0.146. The molecule has 0 saturated heterocycles. The summed E-state index contributed by atoms with van der Waals surface area (Å²) in [4.78, 5) is 0. The summed E-state index contributed by atoms with van der Waals surface area (Å²) in [6.45, 7) is 11.6. The average molecular weight is 912 g/mol. The van der Waals surface area contributed by atoms with Gasteiger partial charge in [-0.25, -0.2) is 0 Å². The Morgan fingerprint density at radius 1 is 0.465 bits per heavy atom. The lowest BCUT2D eigenvalue weighted by molar-refractivity contribution is 0.591. The Morgan fingerprint density at radius 3 is 1.90 bits per heavy atom. The maximum absolute atomic E-state index is 6.58. The molecule has 0 aliphatic heterocycles. The minimum atomic E-state index is -0.145. The van der Waals surface area contributed by atoms with Crippen LogP contribution >= 0.6 is 0 Å². The Labute approximate surface area is 415 Å². The minimum Gasteiger partial charge on any atom is -0.455 e. The standard InChI is InChI=1S/C69H53NO/c1-68(2,3)50-36-38-63-58(43-50)54-24-13-16-29-62(54)70(63)64-42-49(45-19-8-6-9-20-45)41-59(66(64)48-21-10-7-11-22-48)57(39-44-31-37-53-52-23-12-15-28-60(52)69(4,5)61(53)40-44)47-34-32-46(33-35-47)51-26-18-27-56-55-25-14-17-30-65(55)71-67(51)56/h6-43H,1-5H3/b57-39+. The number of para-hydroxylation sites is 3. The van der Waals surface area contributed by atoms with E-state index in [9.17, 15) is 0 Å². The molecule has 13 rings (SSSR count). The molecule has 340 valence electrons. The molecule has 0 atom stereocenters. The number of aromatic nitrogens is 1. The molecule has 0 radical (unpaired) electrons. The van der Waals surface area contributed by atoms with Gasteiger partial charge in [0.25, 0.3) is 0 Å². The lowest BCUT2D eigenvalue weighted by atomic mass is 9.81. The fourth-order valence-corrected chi connectivity index (χ4v) is 11.5. The number of hydrogen-bond acceptors (Lipinski definition) is 1. The van der Waals surface area contributed by atoms with Crippen LogP contribution in [0.5, 0.6) is 0 Å². The van der Waals surface area contributed by atoms with Crippen molar-refractivity contribution in [3.05, 3.63) is 258 Å². The summed E-state index contributed by atoms with van der Waals surface area (Å²) in [6.07, 6.45) is 2.44. The highest BCUT2D eigenvalue weighted by atomic mass is 16.3. The van der Waals surface area contributed by atoms with Crippen molar-refractivity contribution in [3.8, 4) is 50.2 Å². The van der Waals surface area contributed by atoms with Gasteiger partial charge in [-0.1, -0.05) is 223 Å². The van der Waals surface area contributed by atoms with E-state index in [-0.39, 0.29) is 10.8 Å². The van der Waals surface area contributed by atoms with Crippen molar-refractivity contribution in [2.75, 3.05) is 0 Å². The number of hydrogen-bond donors (Lipinski definition) is 0. The van der Waals surface area contributed by atoms with Gasteiger partial charge in [0.05, 0.1) is 16.7 Å². The zero-order valence-corrected chi connectivity index (χ0v) is 40.8. The molecule has 0 unspecified atom stereocenters. The van der Waals surface area contributed by atoms with Gasteiger partial charge in [0.15, 0.2) is 0 Å². The molecular weight excluding hydrogens is 859 g/mol. The second-order valence-corrected chi connectivity index (χ2v) is 20.9. The van der Waals surface area contributed by atoms with Crippen LogP contribution in [0.15, 0.2) is 229 Å². The van der Waals surface area contributed by atoms with Gasteiger partial charge < -0.3 is 8.98 Å². The summed E-state index contributed by atoms with van der Waals surface area (Å²) in [7, 11) is 0. The SMILES string of the molecule is CC(C)(C)c1ccc2c(c1)c1ccccc1n2-c1cc(-c2ccccc2)cc(/C(=C/c2ccc3c(c2)C(C)(C)c2ccccc2-3)c2ccc(-c3cccc4c3oc3ccccc34)cc2)c1-c1ccccc1. The lowest BCUT2D eigenvalue weighted by Gasteiger charge is -2.23. The molecule has 2 nitrogen and oxygen atoms in total. The third kappa shape index (κ3) is 7.00. The van der Waals surface area contributed by atoms with Crippen molar-refractivity contribution < 1.29 is 4.42 Å². The van der Waals surface area contributed by atoms with Gasteiger partial charge in [0.2, 0.25) is 0 Å². The average Bonchev–Trinajstić information content (AvgIpc) is 4.03. The van der Waals surface area contributed by atoms with Crippen LogP contribution in [0.3, 0.4) is 0 Å². The molecule has 1 aliphatic rings. The molecule has 71 heavy (non-hydrogen) atoms. The largest absolute Gasteiger partial charge is 0.455 e. The first-order chi connectivity index (χ1) is 34.6. The van der Waals surface area contributed by atoms with E-state index in [4.69, 9.17) is 4.42 Å². The van der Waals surface area contributed by atoms with Crippen LogP contribution in [0, 0.1) is 0 Å². The monoisotopic (exact) mass is 911 g/mol. The molecular formula is C69H53NO. The zero-order valence-electron chi connectivity index (χ0n) is 40.8. The van der Waals surface area contributed by atoms with Gasteiger partial charge in [-0.3, -0.25) is 0 Å². The molecule has 0 amide bonds. The van der Waals surface area contributed by atoms with E-state index in [2.05, 4.69) is 264 Å². The van der Waals surface area contributed by atoms with Crippen LogP contribution in [-0.2, 0) is 10.8 Å². The maximum atomic E-state index is 6.58. The molecule has 2 heterocycles. The molecule has 2 heteroatoms. The van der Waals surface area contributed by atoms with Crippen molar-refractivity contribution in [3.63, 3.8) is 0 Å². The molecule has 1 aliphatic carbocycles. The number of furan rings is 1. The van der Waals surface area contributed by atoms with E-state index in [0.29, 0.717) is 0 Å². The summed E-state index contributed by atoms with van der Waals surface area (Å²) in [6, 6.07) is 82.8. The van der Waals surface area contributed by atoms with Gasteiger partial charge in [0.1, 0.15) is 11.2 Å². The Morgan fingerprint density at radius 2 is 1.11 bits per heavy atom. The second kappa shape index (κ2) is 16.3. The fourth-order valence-electron chi connectivity index (χ4n) is 11.5. The third-order valence-corrected chi connectivity index (χ3v) is 15.2. The number of nitrogens with zero attached hydrogens (tertiary/aromatic N) is 1. The topological polar surface area (TPSA) is 18.1 Å². The van der Waals surface area contributed by atoms with E-state index in [1.165, 1.54) is 55.2 Å². The highest BCUT2D eigenvalue weighted by Gasteiger charge is 2.35. The summed E-state index contributed by atoms with van der Waals surface area (Å²) in [5.41, 5.74) is 23.2. The van der Waals surface area contributed by atoms with Crippen LogP contribution in [0.1, 0.15) is 68.0 Å². The van der Waals surface area contributed by atoms with Gasteiger partial charge >= 0.3 is 0 Å². The Balaban J connectivity index is 1.11. The van der Waals surface area contributed by atoms with Crippen molar-refractivity contribution in [1.29, 1.82) is 0 Å². The Hall–Kier alpha value is -8.46.